The molecule has 0 spiro atoms. The zero-order valence-corrected chi connectivity index (χ0v) is 19.0. The van der Waals surface area contributed by atoms with Crippen LogP contribution in [0.2, 0.25) is 0 Å². The molecule has 3 aromatic rings. The van der Waals surface area contributed by atoms with Gasteiger partial charge in [-0.3, -0.25) is 9.78 Å². The number of rotatable bonds is 4. The van der Waals surface area contributed by atoms with Crippen LogP contribution in [-0.4, -0.2) is 54.0 Å². The van der Waals surface area contributed by atoms with Gasteiger partial charge in [-0.05, 0) is 85.1 Å². The maximum Gasteiger partial charge on any atom is 0.257 e. The summed E-state index contributed by atoms with van der Waals surface area (Å²) in [7, 11) is 2.15. The van der Waals surface area contributed by atoms with Crippen LogP contribution < -0.4 is 10.2 Å². The number of pyridine rings is 2. The highest BCUT2D eigenvalue weighted by Gasteiger charge is 2.15. The van der Waals surface area contributed by atoms with E-state index < -0.39 is 0 Å². The van der Waals surface area contributed by atoms with Gasteiger partial charge in [0.05, 0.1) is 11.3 Å². The highest BCUT2D eigenvalue weighted by molar-refractivity contribution is 14.1. The fourth-order valence-corrected chi connectivity index (χ4v) is 4.12. The molecule has 2 aromatic heterocycles. The summed E-state index contributed by atoms with van der Waals surface area (Å²) < 4.78 is 1.08. The van der Waals surface area contributed by atoms with Gasteiger partial charge in [-0.25, -0.2) is 4.98 Å². The van der Waals surface area contributed by atoms with Gasteiger partial charge in [0.2, 0.25) is 0 Å². The number of nitrogens with zero attached hydrogens (tertiary/aromatic N) is 4. The molecule has 30 heavy (non-hydrogen) atoms. The average molecular weight is 513 g/mol. The predicted octanol–water partition coefficient (Wildman–Crippen LogP) is 4.14. The van der Waals surface area contributed by atoms with Gasteiger partial charge >= 0.3 is 0 Å². The first-order valence-electron chi connectivity index (χ1n) is 10.0. The van der Waals surface area contributed by atoms with Gasteiger partial charge < -0.3 is 15.1 Å². The van der Waals surface area contributed by atoms with Crippen LogP contribution in [0, 0.1) is 3.57 Å². The van der Waals surface area contributed by atoms with Gasteiger partial charge in [-0.1, -0.05) is 6.07 Å². The molecule has 1 N–H and O–H groups in total. The molecule has 0 bridgehead atoms. The van der Waals surface area contributed by atoms with Crippen LogP contribution in [0.3, 0.4) is 0 Å². The van der Waals surface area contributed by atoms with Crippen LogP contribution in [0.15, 0.2) is 60.9 Å². The molecule has 1 fully saturated rings. The van der Waals surface area contributed by atoms with Crippen molar-refractivity contribution in [3.63, 3.8) is 0 Å². The fraction of sp³-hybridized carbons (Fsp3) is 0.261. The van der Waals surface area contributed by atoms with Crippen LogP contribution in [0.5, 0.6) is 0 Å². The highest BCUT2D eigenvalue weighted by Crippen LogP contribution is 2.27. The van der Waals surface area contributed by atoms with Crippen molar-refractivity contribution >= 4 is 40.0 Å². The van der Waals surface area contributed by atoms with Crippen LogP contribution in [0.25, 0.3) is 11.3 Å². The Hall–Kier alpha value is -2.52. The molecule has 154 valence electrons. The second kappa shape index (κ2) is 9.53. The third-order valence-electron chi connectivity index (χ3n) is 5.22. The predicted molar refractivity (Wildman–Crippen MR) is 129 cm³/mol. The van der Waals surface area contributed by atoms with E-state index in [2.05, 4.69) is 54.7 Å². The Bertz CT molecular complexity index is 1010. The second-order valence-electron chi connectivity index (χ2n) is 7.41. The zero-order valence-electron chi connectivity index (χ0n) is 16.9. The van der Waals surface area contributed by atoms with Crippen molar-refractivity contribution in [2.45, 2.75) is 6.42 Å². The van der Waals surface area contributed by atoms with Crippen molar-refractivity contribution in [2.24, 2.45) is 0 Å². The Labute approximate surface area is 190 Å². The van der Waals surface area contributed by atoms with Crippen molar-refractivity contribution in [1.82, 2.24) is 14.9 Å². The van der Waals surface area contributed by atoms with Crippen LogP contribution >= 0.6 is 22.6 Å². The van der Waals surface area contributed by atoms with Gasteiger partial charge in [0.1, 0.15) is 5.82 Å². The van der Waals surface area contributed by atoms with Gasteiger partial charge in [0, 0.05) is 46.8 Å². The first-order valence-corrected chi connectivity index (χ1v) is 11.1. The molecule has 7 heteroatoms. The minimum absolute atomic E-state index is 0.169. The molecular weight excluding hydrogens is 489 g/mol. The summed E-state index contributed by atoms with van der Waals surface area (Å²) in [5.41, 5.74) is 3.16. The van der Waals surface area contributed by atoms with E-state index in [9.17, 15) is 4.79 Å². The summed E-state index contributed by atoms with van der Waals surface area (Å²) in [5, 5.41) is 2.98. The van der Waals surface area contributed by atoms with E-state index in [0.717, 1.165) is 58.9 Å². The summed E-state index contributed by atoms with van der Waals surface area (Å²) >= 11 is 2.28. The van der Waals surface area contributed by atoms with Gasteiger partial charge in [0.25, 0.3) is 5.91 Å². The molecule has 0 saturated carbocycles. The lowest BCUT2D eigenvalue weighted by molar-refractivity contribution is 0.102. The lowest BCUT2D eigenvalue weighted by atomic mass is 10.1. The Kier molecular flexibility index (Phi) is 6.59. The number of nitrogens with one attached hydrogen (secondary N) is 1. The molecule has 1 aliphatic rings. The maximum absolute atomic E-state index is 12.7. The number of hydrogen-bond acceptors (Lipinski definition) is 5. The number of aromatic nitrogens is 2. The van der Waals surface area contributed by atoms with E-state index >= 15 is 0 Å². The van der Waals surface area contributed by atoms with Crippen molar-refractivity contribution < 1.29 is 4.79 Å². The summed E-state index contributed by atoms with van der Waals surface area (Å²) in [6.45, 7) is 4.07. The number of benzene rings is 1. The highest BCUT2D eigenvalue weighted by atomic mass is 127. The third-order valence-corrected chi connectivity index (χ3v) is 6.16. The minimum Gasteiger partial charge on any atom is -0.355 e. The van der Waals surface area contributed by atoms with E-state index in [1.165, 1.54) is 0 Å². The summed E-state index contributed by atoms with van der Waals surface area (Å²) in [4.78, 5) is 26.3. The Balaban J connectivity index is 1.46. The van der Waals surface area contributed by atoms with E-state index in [1.807, 2.05) is 48.5 Å². The number of halogens is 1. The van der Waals surface area contributed by atoms with Crippen molar-refractivity contribution in [3.05, 3.63) is 70.1 Å². The molecule has 0 atom stereocenters. The third kappa shape index (κ3) is 4.96. The molecular formula is C23H24IN5O. The first-order chi connectivity index (χ1) is 14.6. The van der Waals surface area contributed by atoms with Gasteiger partial charge in [-0.2, -0.15) is 0 Å². The second-order valence-corrected chi connectivity index (χ2v) is 8.57. The molecule has 1 aliphatic heterocycles. The Morgan fingerprint density at radius 1 is 1.03 bits per heavy atom. The molecule has 1 aromatic carbocycles. The lowest BCUT2D eigenvalue weighted by Crippen LogP contribution is -2.29. The molecule has 0 radical (unpaired) electrons. The zero-order chi connectivity index (χ0) is 20.9. The number of carbonyl (C=O) groups excluding carboxylic acids is 1. The van der Waals surface area contributed by atoms with E-state index in [0.29, 0.717) is 5.56 Å². The summed E-state index contributed by atoms with van der Waals surface area (Å²) in [6.07, 6.45) is 4.55. The van der Waals surface area contributed by atoms with Crippen molar-refractivity contribution in [2.75, 3.05) is 43.4 Å². The van der Waals surface area contributed by atoms with Crippen molar-refractivity contribution in [3.8, 4) is 11.3 Å². The Morgan fingerprint density at radius 2 is 1.93 bits per heavy atom. The lowest BCUT2D eigenvalue weighted by Gasteiger charge is -2.21. The molecule has 3 heterocycles. The number of likely N-dealkylation sites (N-methyl/N-ethyl adjacent to an activating group) is 1. The monoisotopic (exact) mass is 513 g/mol. The fourth-order valence-electron chi connectivity index (χ4n) is 3.51. The van der Waals surface area contributed by atoms with E-state index in [-0.39, 0.29) is 5.91 Å². The maximum atomic E-state index is 12.7. The average Bonchev–Trinajstić information content (AvgIpc) is 3.00. The summed E-state index contributed by atoms with van der Waals surface area (Å²) in [5.74, 6) is 0.756. The quantitative estimate of drug-likeness (QED) is 0.532. The smallest absolute Gasteiger partial charge is 0.257 e. The van der Waals surface area contributed by atoms with E-state index in [4.69, 9.17) is 0 Å². The first kappa shape index (κ1) is 20.7. The topological polar surface area (TPSA) is 61.4 Å². The number of carbonyl (C=O) groups is 1. The summed E-state index contributed by atoms with van der Waals surface area (Å²) in [6, 6.07) is 15.4. The van der Waals surface area contributed by atoms with Crippen LogP contribution in [0.1, 0.15) is 16.8 Å². The van der Waals surface area contributed by atoms with Crippen molar-refractivity contribution in [1.29, 1.82) is 0 Å². The number of hydrogen-bond donors (Lipinski definition) is 1. The number of anilines is 2. The Morgan fingerprint density at radius 3 is 2.70 bits per heavy atom. The molecule has 0 unspecified atom stereocenters. The minimum atomic E-state index is -0.169. The molecule has 4 rings (SSSR count). The standard InChI is InChI=1S/C23H24IN5O/c1-28-11-4-12-29(14-13-28)22-9-6-17(16-26-22)23(30)27-18-7-8-20(24)19(15-18)21-5-2-3-10-25-21/h2-3,5-10,15-16H,4,11-14H2,1H3,(H,27,30). The number of amides is 1. The molecule has 0 aliphatic carbocycles. The molecule has 6 nitrogen and oxygen atoms in total. The van der Waals surface area contributed by atoms with E-state index in [1.54, 1.807) is 12.4 Å². The van der Waals surface area contributed by atoms with Gasteiger partial charge in [-0.15, -0.1) is 0 Å². The van der Waals surface area contributed by atoms with Crippen LogP contribution in [0.4, 0.5) is 11.5 Å². The molecule has 1 amide bonds. The molecule has 1 saturated heterocycles. The largest absolute Gasteiger partial charge is 0.355 e. The van der Waals surface area contributed by atoms with Gasteiger partial charge in [0.15, 0.2) is 0 Å². The SMILES string of the molecule is CN1CCCN(c2ccc(C(=O)Nc3ccc(I)c(-c4ccccn4)c3)cn2)CC1. The normalized spacial score (nSPS) is 14.9. The van der Waals surface area contributed by atoms with Crippen LogP contribution in [-0.2, 0) is 0 Å².